The van der Waals surface area contributed by atoms with Crippen LogP contribution in [0.4, 0.5) is 10.5 Å². The van der Waals surface area contributed by atoms with Crippen LogP contribution in [0.3, 0.4) is 0 Å². The second-order valence-electron chi connectivity index (χ2n) is 6.60. The first-order valence-electron chi connectivity index (χ1n) is 9.07. The molecule has 0 aromatic heterocycles. The Bertz CT molecular complexity index is 693. The fraction of sp³-hybridized carbons (Fsp3) is 0.381. The Morgan fingerprint density at radius 1 is 1.00 bits per heavy atom. The summed E-state index contributed by atoms with van der Waals surface area (Å²) in [4.78, 5) is 19.1. The van der Waals surface area contributed by atoms with Crippen molar-refractivity contribution in [3.63, 3.8) is 0 Å². The van der Waals surface area contributed by atoms with Gasteiger partial charge >= 0.3 is 6.03 Å². The Kier molecular flexibility index (Phi) is 5.59. The Hall–Kier alpha value is -2.49. The zero-order valence-electron chi connectivity index (χ0n) is 15.2. The number of hydrogen-bond donors (Lipinski definition) is 0. The number of rotatable bonds is 4. The second-order valence-corrected chi connectivity index (χ2v) is 6.60. The van der Waals surface area contributed by atoms with Gasteiger partial charge in [0.25, 0.3) is 0 Å². The molecule has 2 aromatic rings. The first kappa shape index (κ1) is 17.3. The maximum absolute atomic E-state index is 12.9. The van der Waals surface area contributed by atoms with Gasteiger partial charge in [0.15, 0.2) is 0 Å². The Morgan fingerprint density at radius 3 is 2.36 bits per heavy atom. The topological polar surface area (TPSA) is 26.8 Å². The maximum Gasteiger partial charge on any atom is 0.320 e. The highest BCUT2D eigenvalue weighted by Gasteiger charge is 2.24. The minimum Gasteiger partial charge on any atom is -0.368 e. The molecule has 2 amide bonds. The van der Waals surface area contributed by atoms with Crippen LogP contribution in [0.5, 0.6) is 0 Å². The van der Waals surface area contributed by atoms with E-state index in [0.29, 0.717) is 6.54 Å². The molecule has 25 heavy (non-hydrogen) atoms. The molecule has 0 unspecified atom stereocenters. The van der Waals surface area contributed by atoms with E-state index in [1.807, 2.05) is 34.9 Å². The van der Waals surface area contributed by atoms with E-state index in [4.69, 9.17) is 0 Å². The van der Waals surface area contributed by atoms with Crippen LogP contribution < -0.4 is 4.90 Å². The molecule has 0 spiro atoms. The van der Waals surface area contributed by atoms with Crippen molar-refractivity contribution in [2.24, 2.45) is 0 Å². The van der Waals surface area contributed by atoms with Crippen LogP contribution in [0.1, 0.15) is 18.1 Å². The quantitative estimate of drug-likeness (QED) is 0.849. The smallest absolute Gasteiger partial charge is 0.320 e. The molecule has 0 N–H and O–H groups in total. The lowest BCUT2D eigenvalue weighted by atomic mass is 10.2. The minimum atomic E-state index is 0.148. The van der Waals surface area contributed by atoms with Gasteiger partial charge in [0.1, 0.15) is 0 Å². The van der Waals surface area contributed by atoms with Gasteiger partial charge in [-0.15, -0.1) is 0 Å². The lowest BCUT2D eigenvalue weighted by Gasteiger charge is -2.38. The summed E-state index contributed by atoms with van der Waals surface area (Å²) in [5.41, 5.74) is 3.70. The number of piperazine rings is 1. The third-order valence-electron chi connectivity index (χ3n) is 4.79. The number of urea groups is 1. The van der Waals surface area contributed by atoms with Gasteiger partial charge in [-0.25, -0.2) is 4.79 Å². The van der Waals surface area contributed by atoms with Crippen molar-refractivity contribution in [1.29, 1.82) is 0 Å². The predicted octanol–water partition coefficient (Wildman–Crippen LogP) is 3.76. The van der Waals surface area contributed by atoms with Crippen LogP contribution in [0, 0.1) is 6.92 Å². The molecule has 1 aliphatic rings. The van der Waals surface area contributed by atoms with Gasteiger partial charge in [-0.1, -0.05) is 42.5 Å². The van der Waals surface area contributed by atoms with E-state index in [0.717, 1.165) is 32.7 Å². The van der Waals surface area contributed by atoms with Gasteiger partial charge < -0.3 is 14.7 Å². The molecule has 0 saturated carbocycles. The maximum atomic E-state index is 12.9. The highest BCUT2D eigenvalue weighted by atomic mass is 16.2. The molecule has 0 atom stereocenters. The SMILES string of the molecule is CCN(Cc1ccccc1)C(=O)N1CCN(c2cccc(C)c2)CC1. The van der Waals surface area contributed by atoms with Crippen molar-refractivity contribution in [2.75, 3.05) is 37.6 Å². The van der Waals surface area contributed by atoms with Crippen molar-refractivity contribution in [3.8, 4) is 0 Å². The van der Waals surface area contributed by atoms with E-state index in [2.05, 4.69) is 48.2 Å². The van der Waals surface area contributed by atoms with Crippen LogP contribution >= 0.6 is 0 Å². The lowest BCUT2D eigenvalue weighted by Crippen LogP contribution is -2.52. The predicted molar refractivity (Wildman–Crippen MR) is 103 cm³/mol. The molecule has 0 aliphatic carbocycles. The van der Waals surface area contributed by atoms with E-state index in [-0.39, 0.29) is 6.03 Å². The van der Waals surface area contributed by atoms with E-state index in [1.165, 1.54) is 16.8 Å². The van der Waals surface area contributed by atoms with Gasteiger partial charge in [0, 0.05) is 45.0 Å². The highest BCUT2D eigenvalue weighted by Crippen LogP contribution is 2.18. The van der Waals surface area contributed by atoms with Gasteiger partial charge in [-0.05, 0) is 37.1 Å². The summed E-state index contributed by atoms with van der Waals surface area (Å²) < 4.78 is 0. The number of nitrogens with zero attached hydrogens (tertiary/aromatic N) is 3. The summed E-state index contributed by atoms with van der Waals surface area (Å²) in [6.07, 6.45) is 0. The largest absolute Gasteiger partial charge is 0.368 e. The standard InChI is InChI=1S/C21H27N3O/c1-3-22(17-19-9-5-4-6-10-19)21(25)24-14-12-23(13-15-24)20-11-7-8-18(2)16-20/h4-11,16H,3,12-15,17H2,1-2H3. The van der Waals surface area contributed by atoms with Crippen LogP contribution in [-0.2, 0) is 6.54 Å². The zero-order valence-corrected chi connectivity index (χ0v) is 15.2. The van der Waals surface area contributed by atoms with E-state index >= 15 is 0 Å². The van der Waals surface area contributed by atoms with E-state index < -0.39 is 0 Å². The summed E-state index contributed by atoms with van der Waals surface area (Å²) >= 11 is 0. The molecule has 132 valence electrons. The number of carbonyl (C=O) groups is 1. The normalized spacial score (nSPS) is 14.5. The Morgan fingerprint density at radius 2 is 1.72 bits per heavy atom. The number of aryl methyl sites for hydroxylation is 1. The van der Waals surface area contributed by atoms with Crippen LogP contribution in [0.15, 0.2) is 54.6 Å². The van der Waals surface area contributed by atoms with Gasteiger partial charge in [0.05, 0.1) is 0 Å². The average Bonchev–Trinajstić information content (AvgIpc) is 2.66. The molecule has 2 aromatic carbocycles. The van der Waals surface area contributed by atoms with Crippen molar-refractivity contribution in [2.45, 2.75) is 20.4 Å². The lowest BCUT2D eigenvalue weighted by molar-refractivity contribution is 0.149. The van der Waals surface area contributed by atoms with E-state index in [9.17, 15) is 4.79 Å². The molecule has 3 rings (SSSR count). The van der Waals surface area contributed by atoms with Crippen LogP contribution in [0.25, 0.3) is 0 Å². The van der Waals surface area contributed by atoms with Gasteiger partial charge in [0.2, 0.25) is 0 Å². The minimum absolute atomic E-state index is 0.148. The Balaban J connectivity index is 1.58. The number of benzene rings is 2. The second kappa shape index (κ2) is 8.06. The zero-order chi connectivity index (χ0) is 17.6. The van der Waals surface area contributed by atoms with Gasteiger partial charge in [-0.3, -0.25) is 0 Å². The molecule has 0 bridgehead atoms. The van der Waals surface area contributed by atoms with E-state index in [1.54, 1.807) is 0 Å². The molecular formula is C21H27N3O. The summed E-state index contributed by atoms with van der Waals surface area (Å²) in [6.45, 7) is 8.89. The average molecular weight is 337 g/mol. The summed E-state index contributed by atoms with van der Waals surface area (Å²) in [7, 11) is 0. The summed E-state index contributed by atoms with van der Waals surface area (Å²) in [6, 6.07) is 18.9. The number of amides is 2. The molecule has 1 heterocycles. The van der Waals surface area contributed by atoms with Gasteiger partial charge in [-0.2, -0.15) is 0 Å². The first-order valence-corrected chi connectivity index (χ1v) is 9.07. The number of carbonyl (C=O) groups excluding carboxylic acids is 1. The van der Waals surface area contributed by atoms with Crippen molar-refractivity contribution >= 4 is 11.7 Å². The van der Waals surface area contributed by atoms with Crippen molar-refractivity contribution in [1.82, 2.24) is 9.80 Å². The molecular weight excluding hydrogens is 310 g/mol. The number of hydrogen-bond acceptors (Lipinski definition) is 2. The molecule has 1 aliphatic heterocycles. The van der Waals surface area contributed by atoms with Crippen LogP contribution in [-0.4, -0.2) is 48.6 Å². The summed E-state index contributed by atoms with van der Waals surface area (Å²) in [5, 5.41) is 0. The van der Waals surface area contributed by atoms with Crippen molar-refractivity contribution < 1.29 is 4.79 Å². The Labute approximate surface area is 150 Å². The fourth-order valence-corrected chi connectivity index (χ4v) is 3.30. The van der Waals surface area contributed by atoms with Crippen molar-refractivity contribution in [3.05, 3.63) is 65.7 Å². The first-order chi connectivity index (χ1) is 12.2. The van der Waals surface area contributed by atoms with Crippen LogP contribution in [0.2, 0.25) is 0 Å². The summed E-state index contributed by atoms with van der Waals surface area (Å²) in [5.74, 6) is 0. The third-order valence-corrected chi connectivity index (χ3v) is 4.79. The molecule has 1 saturated heterocycles. The molecule has 0 radical (unpaired) electrons. The molecule has 4 heteroatoms. The fourth-order valence-electron chi connectivity index (χ4n) is 3.30. The third kappa shape index (κ3) is 4.32. The number of anilines is 1. The highest BCUT2D eigenvalue weighted by molar-refractivity contribution is 5.75. The molecule has 1 fully saturated rings. The molecule has 4 nitrogen and oxygen atoms in total. The monoisotopic (exact) mass is 337 g/mol.